The molecule has 0 saturated heterocycles. The number of hydrogen-bond acceptors (Lipinski definition) is 2. The van der Waals surface area contributed by atoms with Crippen LogP contribution in [-0.2, 0) is 11.3 Å². The second kappa shape index (κ2) is 8.57. The Kier molecular flexibility index (Phi) is 6.16. The minimum absolute atomic E-state index is 0.216. The monoisotopic (exact) mass is 423 g/mol. The summed E-state index contributed by atoms with van der Waals surface area (Å²) in [5.74, 6) is -0.539. The van der Waals surface area contributed by atoms with Gasteiger partial charge in [-0.15, -0.1) is 0 Å². The molecule has 3 aromatic rings. The van der Waals surface area contributed by atoms with Gasteiger partial charge in [0.2, 0.25) is 5.91 Å². The number of carbonyl (C=O) groups excluding carboxylic acids is 1. The average Bonchev–Trinajstić information content (AvgIpc) is 2.97. The minimum atomic E-state index is -0.415. The Morgan fingerprint density at radius 3 is 2.41 bits per heavy atom. The molecule has 1 N–H and O–H groups in total. The van der Waals surface area contributed by atoms with Crippen LogP contribution in [0.2, 0.25) is 15.1 Å². The van der Waals surface area contributed by atoms with E-state index in [1.54, 1.807) is 42.6 Å². The molecule has 3 rings (SSSR count). The summed E-state index contributed by atoms with van der Waals surface area (Å²) in [5, 5.41) is 8.15. The van der Waals surface area contributed by atoms with Gasteiger partial charge >= 0.3 is 0 Å². The quantitative estimate of drug-likeness (QED) is 0.535. The number of carbonyl (C=O) groups is 1. The molecular formula is C19H13Cl3FN3O. The molecule has 0 aliphatic rings. The fraction of sp³-hybridized carbons (Fsp3) is 0.0526. The number of hydrogen-bond donors (Lipinski definition) is 1. The molecule has 0 unspecified atom stereocenters. The van der Waals surface area contributed by atoms with E-state index < -0.39 is 5.91 Å². The van der Waals surface area contributed by atoms with Crippen molar-refractivity contribution in [3.05, 3.63) is 86.7 Å². The van der Waals surface area contributed by atoms with Crippen molar-refractivity contribution in [2.45, 2.75) is 6.54 Å². The number of nitrogens with zero attached hydrogens (tertiary/aromatic N) is 2. The molecule has 0 atom stereocenters. The maximum Gasteiger partial charge on any atom is 0.249 e. The Hall–Kier alpha value is -2.34. The van der Waals surface area contributed by atoms with E-state index in [9.17, 15) is 9.18 Å². The molecule has 0 spiro atoms. The van der Waals surface area contributed by atoms with E-state index in [1.165, 1.54) is 22.9 Å². The lowest BCUT2D eigenvalue weighted by atomic mass is 10.2. The van der Waals surface area contributed by atoms with Gasteiger partial charge in [0.1, 0.15) is 10.8 Å². The summed E-state index contributed by atoms with van der Waals surface area (Å²) in [6, 6.07) is 11.0. The fourth-order valence-electron chi connectivity index (χ4n) is 2.31. The van der Waals surface area contributed by atoms with Crippen molar-refractivity contribution in [1.29, 1.82) is 0 Å². The topological polar surface area (TPSA) is 46.9 Å². The van der Waals surface area contributed by atoms with Gasteiger partial charge in [-0.25, -0.2) is 4.39 Å². The molecular weight excluding hydrogens is 412 g/mol. The first kappa shape index (κ1) is 19.4. The van der Waals surface area contributed by atoms with E-state index in [1.807, 2.05) is 0 Å². The Balaban J connectivity index is 1.69. The Bertz CT molecular complexity index is 980. The maximum absolute atomic E-state index is 12.9. The zero-order valence-electron chi connectivity index (χ0n) is 13.8. The molecule has 0 aliphatic heterocycles. The smallest absolute Gasteiger partial charge is 0.249 e. The molecule has 0 aliphatic carbocycles. The van der Waals surface area contributed by atoms with Crippen molar-refractivity contribution < 1.29 is 9.18 Å². The van der Waals surface area contributed by atoms with Crippen LogP contribution in [-0.4, -0.2) is 15.7 Å². The van der Waals surface area contributed by atoms with Crippen LogP contribution in [0.5, 0.6) is 0 Å². The number of amides is 1. The van der Waals surface area contributed by atoms with Crippen LogP contribution >= 0.6 is 34.8 Å². The third-order valence-corrected chi connectivity index (χ3v) is 4.62. The van der Waals surface area contributed by atoms with Gasteiger partial charge in [0.15, 0.2) is 5.82 Å². The number of halogens is 4. The number of aromatic nitrogens is 2. The molecule has 0 radical (unpaired) electrons. The normalized spacial score (nSPS) is 11.1. The van der Waals surface area contributed by atoms with E-state index in [0.717, 1.165) is 0 Å². The summed E-state index contributed by atoms with van der Waals surface area (Å²) in [6.45, 7) is 0.305. The van der Waals surface area contributed by atoms with Gasteiger partial charge in [-0.05, 0) is 35.9 Å². The van der Waals surface area contributed by atoms with Crippen molar-refractivity contribution in [1.82, 2.24) is 9.78 Å². The molecule has 1 amide bonds. The van der Waals surface area contributed by atoms with E-state index in [0.29, 0.717) is 27.7 Å². The third kappa shape index (κ3) is 5.10. The van der Waals surface area contributed by atoms with Crippen LogP contribution in [0.3, 0.4) is 0 Å². The summed E-state index contributed by atoms with van der Waals surface area (Å²) >= 11 is 18.5. The van der Waals surface area contributed by atoms with Crippen LogP contribution in [0.1, 0.15) is 11.1 Å². The SMILES string of the molecule is O=C(/C=C/c1ccc(F)cc1)Nc1nn(Cc2c(Cl)cccc2Cl)cc1Cl. The van der Waals surface area contributed by atoms with Crippen LogP contribution in [0.15, 0.2) is 54.7 Å². The number of rotatable bonds is 5. The number of anilines is 1. The minimum Gasteiger partial charge on any atom is -0.304 e. The Morgan fingerprint density at radius 1 is 1.07 bits per heavy atom. The maximum atomic E-state index is 12.9. The van der Waals surface area contributed by atoms with Gasteiger partial charge in [0, 0.05) is 27.9 Å². The van der Waals surface area contributed by atoms with Gasteiger partial charge in [0.25, 0.3) is 0 Å². The molecule has 2 aromatic carbocycles. The van der Waals surface area contributed by atoms with Crippen LogP contribution in [0, 0.1) is 5.82 Å². The van der Waals surface area contributed by atoms with Crippen LogP contribution in [0.25, 0.3) is 6.08 Å². The lowest BCUT2D eigenvalue weighted by molar-refractivity contribution is -0.111. The lowest BCUT2D eigenvalue weighted by Crippen LogP contribution is -2.10. The third-order valence-electron chi connectivity index (χ3n) is 3.64. The predicted octanol–water partition coefficient (Wildman–Crippen LogP) is 5.68. The summed E-state index contributed by atoms with van der Waals surface area (Å²) < 4.78 is 14.4. The number of benzene rings is 2. The molecule has 0 fully saturated rings. The standard InChI is InChI=1S/C19H13Cl3FN3O/c20-15-2-1-3-16(21)14(15)10-26-11-17(22)19(25-26)24-18(27)9-6-12-4-7-13(23)8-5-12/h1-9,11H,10H2,(H,24,25,27)/b9-6+. The van der Waals surface area contributed by atoms with Crippen molar-refractivity contribution in [2.75, 3.05) is 5.32 Å². The van der Waals surface area contributed by atoms with Gasteiger partial charge in [-0.1, -0.05) is 53.0 Å². The largest absolute Gasteiger partial charge is 0.304 e. The molecule has 4 nitrogen and oxygen atoms in total. The Morgan fingerprint density at radius 2 is 1.74 bits per heavy atom. The van der Waals surface area contributed by atoms with Gasteiger partial charge in [0.05, 0.1) is 6.54 Å². The lowest BCUT2D eigenvalue weighted by Gasteiger charge is -2.06. The summed E-state index contributed by atoms with van der Waals surface area (Å²) in [6.07, 6.45) is 4.44. The van der Waals surface area contributed by atoms with Gasteiger partial charge < -0.3 is 5.32 Å². The molecule has 0 bridgehead atoms. The molecule has 8 heteroatoms. The summed E-state index contributed by atoms with van der Waals surface area (Å²) in [5.41, 5.74) is 1.39. The van der Waals surface area contributed by atoms with Crippen molar-refractivity contribution in [2.24, 2.45) is 0 Å². The molecule has 1 aromatic heterocycles. The van der Waals surface area contributed by atoms with E-state index >= 15 is 0 Å². The zero-order chi connectivity index (χ0) is 19.4. The van der Waals surface area contributed by atoms with E-state index in [2.05, 4.69) is 10.4 Å². The highest BCUT2D eigenvalue weighted by Crippen LogP contribution is 2.26. The predicted molar refractivity (Wildman–Crippen MR) is 107 cm³/mol. The van der Waals surface area contributed by atoms with Crippen molar-refractivity contribution in [3.63, 3.8) is 0 Å². The second-order valence-electron chi connectivity index (χ2n) is 5.60. The second-order valence-corrected chi connectivity index (χ2v) is 6.82. The summed E-state index contributed by atoms with van der Waals surface area (Å²) in [7, 11) is 0. The van der Waals surface area contributed by atoms with Crippen LogP contribution < -0.4 is 5.32 Å². The fourth-order valence-corrected chi connectivity index (χ4v) is 3.03. The zero-order valence-corrected chi connectivity index (χ0v) is 16.1. The first-order chi connectivity index (χ1) is 12.9. The average molecular weight is 425 g/mol. The van der Waals surface area contributed by atoms with E-state index in [4.69, 9.17) is 34.8 Å². The first-order valence-corrected chi connectivity index (χ1v) is 8.96. The molecule has 1 heterocycles. The highest BCUT2D eigenvalue weighted by atomic mass is 35.5. The van der Waals surface area contributed by atoms with Gasteiger partial charge in [-0.2, -0.15) is 5.10 Å². The highest BCUT2D eigenvalue weighted by molar-refractivity contribution is 6.36. The highest BCUT2D eigenvalue weighted by Gasteiger charge is 2.12. The first-order valence-electron chi connectivity index (χ1n) is 7.83. The molecule has 0 saturated carbocycles. The molecule has 27 heavy (non-hydrogen) atoms. The van der Waals surface area contributed by atoms with Gasteiger partial charge in [-0.3, -0.25) is 9.48 Å². The van der Waals surface area contributed by atoms with E-state index in [-0.39, 0.29) is 16.7 Å². The van der Waals surface area contributed by atoms with Crippen LogP contribution in [0.4, 0.5) is 10.2 Å². The summed E-state index contributed by atoms with van der Waals surface area (Å²) in [4.78, 5) is 12.1. The van der Waals surface area contributed by atoms with Crippen molar-refractivity contribution >= 4 is 52.6 Å². The Labute approximate surface area is 170 Å². The molecule has 138 valence electrons. The number of nitrogens with one attached hydrogen (secondary N) is 1. The van der Waals surface area contributed by atoms with Crippen molar-refractivity contribution in [3.8, 4) is 0 Å².